The summed E-state index contributed by atoms with van der Waals surface area (Å²) in [6, 6.07) is 0. The molecule has 0 aromatic heterocycles. The first kappa shape index (κ1) is 21.0. The van der Waals surface area contributed by atoms with Gasteiger partial charge in [-0.25, -0.2) is 0 Å². The van der Waals surface area contributed by atoms with Crippen LogP contribution in [0.4, 0.5) is 0 Å². The highest BCUT2D eigenvalue weighted by Gasteiger charge is 2.57. The van der Waals surface area contributed by atoms with Gasteiger partial charge >= 0.3 is 0 Å². The van der Waals surface area contributed by atoms with Crippen LogP contribution >= 0.6 is 24.8 Å². The number of halogens is 2. The highest BCUT2D eigenvalue weighted by atomic mass is 35.5. The Bertz CT molecular complexity index is 369. The third-order valence-corrected chi connectivity index (χ3v) is 5.75. The molecule has 23 heavy (non-hydrogen) atoms. The second kappa shape index (κ2) is 9.45. The van der Waals surface area contributed by atoms with Crippen molar-refractivity contribution in [3.8, 4) is 0 Å². The van der Waals surface area contributed by atoms with Crippen LogP contribution in [0, 0.1) is 17.3 Å². The molecule has 6 heteroatoms. The summed E-state index contributed by atoms with van der Waals surface area (Å²) in [5.41, 5.74) is 0.367. The summed E-state index contributed by atoms with van der Waals surface area (Å²) in [6.07, 6.45) is 7.58. The van der Waals surface area contributed by atoms with Crippen LogP contribution < -0.4 is 10.6 Å². The van der Waals surface area contributed by atoms with Crippen molar-refractivity contribution in [2.75, 3.05) is 39.3 Å². The number of nitrogens with zero attached hydrogens (tertiary/aromatic N) is 1. The van der Waals surface area contributed by atoms with E-state index in [-0.39, 0.29) is 24.8 Å². The first-order chi connectivity index (χ1) is 10.2. The van der Waals surface area contributed by atoms with Gasteiger partial charge in [-0.3, -0.25) is 4.79 Å². The Morgan fingerprint density at radius 3 is 2.52 bits per heavy atom. The zero-order valence-electron chi connectivity index (χ0n) is 14.3. The lowest BCUT2D eigenvalue weighted by Gasteiger charge is -2.29. The molecule has 0 radical (unpaired) electrons. The monoisotopic (exact) mass is 365 g/mol. The van der Waals surface area contributed by atoms with Gasteiger partial charge in [0.2, 0.25) is 5.91 Å². The highest BCUT2D eigenvalue weighted by molar-refractivity contribution is 5.85. The molecule has 2 heterocycles. The van der Waals surface area contributed by atoms with Crippen LogP contribution in [0.25, 0.3) is 0 Å². The average molecular weight is 366 g/mol. The minimum Gasteiger partial charge on any atom is -0.356 e. The van der Waals surface area contributed by atoms with Crippen LogP contribution in [0.5, 0.6) is 0 Å². The van der Waals surface area contributed by atoms with Crippen molar-refractivity contribution < 1.29 is 4.79 Å². The molecular formula is C17H33Cl2N3O. The van der Waals surface area contributed by atoms with Gasteiger partial charge in [0, 0.05) is 19.0 Å². The zero-order chi connectivity index (χ0) is 14.7. The Hall–Kier alpha value is -0.0300. The van der Waals surface area contributed by atoms with Gasteiger partial charge in [0.1, 0.15) is 0 Å². The van der Waals surface area contributed by atoms with E-state index in [1.54, 1.807) is 0 Å². The molecule has 3 aliphatic rings. The summed E-state index contributed by atoms with van der Waals surface area (Å²) in [6.45, 7) is 8.93. The fourth-order valence-corrected chi connectivity index (χ4v) is 4.24. The SMILES string of the molecule is CC(CNC(=O)C1CC12CCNCC2)CN1CCCCC1.Cl.Cl. The number of hydrogen-bond acceptors (Lipinski definition) is 3. The molecule has 136 valence electrons. The van der Waals surface area contributed by atoms with Crippen molar-refractivity contribution in [3.63, 3.8) is 0 Å². The molecule has 1 aliphatic carbocycles. The third-order valence-electron chi connectivity index (χ3n) is 5.75. The summed E-state index contributed by atoms with van der Waals surface area (Å²) in [5, 5.41) is 6.62. The van der Waals surface area contributed by atoms with E-state index in [1.165, 1.54) is 45.2 Å². The Kier molecular flexibility index (Phi) is 8.64. The zero-order valence-corrected chi connectivity index (χ0v) is 15.9. The minimum atomic E-state index is 0. The summed E-state index contributed by atoms with van der Waals surface area (Å²) in [7, 11) is 0. The molecule has 0 bridgehead atoms. The van der Waals surface area contributed by atoms with E-state index < -0.39 is 0 Å². The van der Waals surface area contributed by atoms with Gasteiger partial charge in [-0.15, -0.1) is 24.8 Å². The number of hydrogen-bond donors (Lipinski definition) is 2. The molecule has 2 unspecified atom stereocenters. The predicted octanol–water partition coefficient (Wildman–Crippen LogP) is 2.46. The smallest absolute Gasteiger partial charge is 0.223 e. The van der Waals surface area contributed by atoms with Crippen molar-refractivity contribution in [1.29, 1.82) is 0 Å². The first-order valence-corrected chi connectivity index (χ1v) is 8.90. The summed E-state index contributed by atoms with van der Waals surface area (Å²) >= 11 is 0. The van der Waals surface area contributed by atoms with Crippen LogP contribution in [-0.2, 0) is 4.79 Å². The van der Waals surface area contributed by atoms with Crippen LogP contribution in [0.3, 0.4) is 0 Å². The molecule has 0 aromatic rings. The highest BCUT2D eigenvalue weighted by Crippen LogP contribution is 2.58. The molecule has 1 spiro atoms. The van der Waals surface area contributed by atoms with Gasteiger partial charge in [-0.2, -0.15) is 0 Å². The van der Waals surface area contributed by atoms with Crippen LogP contribution in [-0.4, -0.2) is 50.1 Å². The van der Waals surface area contributed by atoms with Gasteiger partial charge in [-0.05, 0) is 69.6 Å². The number of likely N-dealkylation sites (tertiary alicyclic amines) is 1. The van der Waals surface area contributed by atoms with Crippen molar-refractivity contribution >= 4 is 30.7 Å². The van der Waals surface area contributed by atoms with Gasteiger partial charge in [-0.1, -0.05) is 13.3 Å². The number of nitrogens with one attached hydrogen (secondary N) is 2. The molecule has 3 fully saturated rings. The average Bonchev–Trinajstić information content (AvgIpc) is 3.20. The van der Waals surface area contributed by atoms with Gasteiger partial charge in [0.25, 0.3) is 0 Å². The van der Waals surface area contributed by atoms with E-state index >= 15 is 0 Å². The van der Waals surface area contributed by atoms with Crippen LogP contribution in [0.2, 0.25) is 0 Å². The molecular weight excluding hydrogens is 333 g/mol. The first-order valence-electron chi connectivity index (χ1n) is 8.90. The second-order valence-corrected chi connectivity index (χ2v) is 7.58. The lowest BCUT2D eigenvalue weighted by atomic mass is 9.91. The molecule has 2 aliphatic heterocycles. The quantitative estimate of drug-likeness (QED) is 0.786. The van der Waals surface area contributed by atoms with Crippen molar-refractivity contribution in [1.82, 2.24) is 15.5 Å². The number of rotatable bonds is 5. The fraction of sp³-hybridized carbons (Fsp3) is 0.941. The van der Waals surface area contributed by atoms with Gasteiger partial charge in [0.15, 0.2) is 0 Å². The molecule has 2 saturated heterocycles. The molecule has 0 aromatic carbocycles. The van der Waals surface area contributed by atoms with E-state index in [4.69, 9.17) is 0 Å². The van der Waals surface area contributed by atoms with E-state index in [2.05, 4.69) is 22.5 Å². The molecule has 1 saturated carbocycles. The van der Waals surface area contributed by atoms with Crippen molar-refractivity contribution in [2.45, 2.75) is 45.4 Å². The standard InChI is InChI=1S/C17H31N3O.2ClH/c1-14(13-20-9-3-2-4-10-20)12-19-16(21)15-11-17(15)5-7-18-8-6-17;;/h14-15,18H,2-13H2,1H3,(H,19,21);2*1H. The van der Waals surface area contributed by atoms with E-state index in [1.807, 2.05) is 0 Å². The maximum atomic E-state index is 12.3. The van der Waals surface area contributed by atoms with Crippen molar-refractivity contribution in [2.24, 2.45) is 17.3 Å². The maximum absolute atomic E-state index is 12.3. The number of carbonyl (C=O) groups is 1. The number of amides is 1. The van der Waals surface area contributed by atoms with Crippen LogP contribution in [0.1, 0.15) is 45.4 Å². The Balaban J connectivity index is 0.00000132. The molecule has 2 N–H and O–H groups in total. The van der Waals surface area contributed by atoms with Crippen LogP contribution in [0.15, 0.2) is 0 Å². The normalized spacial score (nSPS) is 27.4. The fourth-order valence-electron chi connectivity index (χ4n) is 4.24. The second-order valence-electron chi connectivity index (χ2n) is 7.58. The summed E-state index contributed by atoms with van der Waals surface area (Å²) in [5.74, 6) is 1.19. The Morgan fingerprint density at radius 1 is 1.22 bits per heavy atom. The number of piperidine rings is 2. The predicted molar refractivity (Wildman–Crippen MR) is 99.6 cm³/mol. The molecule has 1 amide bonds. The van der Waals surface area contributed by atoms with E-state index in [0.717, 1.165) is 32.6 Å². The summed E-state index contributed by atoms with van der Waals surface area (Å²) < 4.78 is 0. The third kappa shape index (κ3) is 5.48. The lowest BCUT2D eigenvalue weighted by Crippen LogP contribution is -2.39. The van der Waals surface area contributed by atoms with Gasteiger partial charge in [0.05, 0.1) is 0 Å². The lowest BCUT2D eigenvalue weighted by molar-refractivity contribution is -0.123. The molecule has 3 rings (SSSR count). The van der Waals surface area contributed by atoms with Crippen molar-refractivity contribution in [3.05, 3.63) is 0 Å². The topological polar surface area (TPSA) is 44.4 Å². The minimum absolute atomic E-state index is 0. The maximum Gasteiger partial charge on any atom is 0.223 e. The molecule has 2 atom stereocenters. The van der Waals surface area contributed by atoms with E-state index in [0.29, 0.717) is 23.2 Å². The number of carbonyl (C=O) groups excluding carboxylic acids is 1. The Morgan fingerprint density at radius 2 is 1.87 bits per heavy atom. The van der Waals surface area contributed by atoms with E-state index in [9.17, 15) is 4.79 Å². The Labute approximate surface area is 153 Å². The molecule has 4 nitrogen and oxygen atoms in total. The van der Waals surface area contributed by atoms with Gasteiger partial charge < -0.3 is 15.5 Å². The summed E-state index contributed by atoms with van der Waals surface area (Å²) in [4.78, 5) is 14.9. The largest absolute Gasteiger partial charge is 0.356 e.